The predicted octanol–water partition coefficient (Wildman–Crippen LogP) is 3.38. The lowest BCUT2D eigenvalue weighted by Crippen LogP contribution is -1.98. The van der Waals surface area contributed by atoms with Crippen LogP contribution in [0.5, 0.6) is 0 Å². The highest BCUT2D eigenvalue weighted by atomic mass is 15.0. The number of rotatable bonds is 2. The Labute approximate surface area is 112 Å². The van der Waals surface area contributed by atoms with E-state index in [1.54, 1.807) is 6.20 Å². The number of pyridine rings is 1. The topological polar surface area (TPSA) is 43.6 Å². The molecule has 0 aromatic carbocycles. The lowest BCUT2D eigenvalue weighted by Gasteiger charge is -2.07. The van der Waals surface area contributed by atoms with Crippen molar-refractivity contribution in [2.45, 2.75) is 26.8 Å². The minimum absolute atomic E-state index is 0.392. The second-order valence-electron chi connectivity index (χ2n) is 4.93. The van der Waals surface area contributed by atoms with Gasteiger partial charge in [-0.05, 0) is 32.9 Å². The van der Waals surface area contributed by atoms with Crippen molar-refractivity contribution in [3.8, 4) is 11.3 Å². The zero-order valence-electron chi connectivity index (χ0n) is 11.3. The summed E-state index contributed by atoms with van der Waals surface area (Å²) in [5.41, 5.74) is 3.24. The van der Waals surface area contributed by atoms with Gasteiger partial charge in [-0.15, -0.1) is 0 Å². The first-order chi connectivity index (χ1) is 9.16. The fourth-order valence-electron chi connectivity index (χ4n) is 2.34. The zero-order chi connectivity index (χ0) is 13.4. The molecule has 3 aromatic heterocycles. The Morgan fingerprint density at radius 1 is 1.16 bits per heavy atom. The minimum atomic E-state index is 0.392. The summed E-state index contributed by atoms with van der Waals surface area (Å²) in [6.45, 7) is 6.25. The van der Waals surface area contributed by atoms with E-state index in [1.807, 2.05) is 31.5 Å². The molecule has 0 aliphatic heterocycles. The smallest absolute Gasteiger partial charge is 0.125 e. The number of hydrogen-bond acceptors (Lipinski definition) is 3. The van der Waals surface area contributed by atoms with Crippen LogP contribution in [0.15, 0.2) is 36.9 Å². The van der Waals surface area contributed by atoms with E-state index in [-0.39, 0.29) is 0 Å². The van der Waals surface area contributed by atoms with Crippen LogP contribution < -0.4 is 0 Å². The van der Waals surface area contributed by atoms with Gasteiger partial charge in [-0.1, -0.05) is 0 Å². The van der Waals surface area contributed by atoms with Crippen LogP contribution >= 0.6 is 0 Å². The van der Waals surface area contributed by atoms with E-state index in [2.05, 4.69) is 39.6 Å². The molecule has 0 amide bonds. The summed E-state index contributed by atoms with van der Waals surface area (Å²) < 4.78 is 2.23. The third kappa shape index (κ3) is 1.99. The Kier molecular flexibility index (Phi) is 2.78. The summed E-state index contributed by atoms with van der Waals surface area (Å²) in [7, 11) is 0. The maximum absolute atomic E-state index is 4.52. The van der Waals surface area contributed by atoms with Gasteiger partial charge in [0.05, 0.1) is 17.4 Å². The Morgan fingerprint density at radius 2 is 2.00 bits per heavy atom. The van der Waals surface area contributed by atoms with Gasteiger partial charge in [-0.3, -0.25) is 4.98 Å². The molecule has 3 heterocycles. The highest BCUT2D eigenvalue weighted by Crippen LogP contribution is 2.30. The standard InChI is InChI=1S/C15H16N4/c1-10(2)19-9-13(12-4-6-16-8-15(12)19)14-5-7-17-11(3)18-14/h4-10H,1-3H3. The van der Waals surface area contributed by atoms with E-state index >= 15 is 0 Å². The number of aromatic nitrogens is 4. The summed E-state index contributed by atoms with van der Waals surface area (Å²) >= 11 is 0. The van der Waals surface area contributed by atoms with Crippen LogP contribution in [0.2, 0.25) is 0 Å². The van der Waals surface area contributed by atoms with E-state index in [4.69, 9.17) is 0 Å². The van der Waals surface area contributed by atoms with Crippen LogP contribution in [0.4, 0.5) is 0 Å². The van der Waals surface area contributed by atoms with Gasteiger partial charge in [0.15, 0.2) is 0 Å². The summed E-state index contributed by atoms with van der Waals surface area (Å²) in [5, 5.41) is 1.18. The van der Waals surface area contributed by atoms with Crippen molar-refractivity contribution in [1.29, 1.82) is 0 Å². The van der Waals surface area contributed by atoms with Crippen LogP contribution in [-0.2, 0) is 0 Å². The van der Waals surface area contributed by atoms with Crippen molar-refractivity contribution in [2.24, 2.45) is 0 Å². The van der Waals surface area contributed by atoms with Crippen LogP contribution in [-0.4, -0.2) is 19.5 Å². The number of fused-ring (bicyclic) bond motifs is 1. The maximum Gasteiger partial charge on any atom is 0.125 e. The largest absolute Gasteiger partial charge is 0.343 e. The molecule has 0 saturated carbocycles. The Hall–Kier alpha value is -2.23. The second kappa shape index (κ2) is 4.46. The molecule has 3 rings (SSSR count). The molecule has 4 heteroatoms. The molecule has 0 atom stereocenters. The highest BCUT2D eigenvalue weighted by Gasteiger charge is 2.13. The molecule has 0 saturated heterocycles. The van der Waals surface area contributed by atoms with Crippen LogP contribution in [0, 0.1) is 6.92 Å². The molecule has 0 unspecified atom stereocenters. The van der Waals surface area contributed by atoms with Crippen molar-refractivity contribution < 1.29 is 0 Å². The van der Waals surface area contributed by atoms with Gasteiger partial charge < -0.3 is 4.57 Å². The van der Waals surface area contributed by atoms with E-state index in [1.165, 1.54) is 5.39 Å². The summed E-state index contributed by atoms with van der Waals surface area (Å²) in [6, 6.07) is 4.39. The molecule has 0 bridgehead atoms. The molecule has 19 heavy (non-hydrogen) atoms. The first-order valence-electron chi connectivity index (χ1n) is 6.41. The molecule has 0 aliphatic carbocycles. The number of hydrogen-bond donors (Lipinski definition) is 0. The molecular weight excluding hydrogens is 236 g/mol. The Bertz CT molecular complexity index is 728. The molecule has 4 nitrogen and oxygen atoms in total. The van der Waals surface area contributed by atoms with E-state index in [9.17, 15) is 0 Å². The second-order valence-corrected chi connectivity index (χ2v) is 4.93. The van der Waals surface area contributed by atoms with Gasteiger partial charge in [-0.25, -0.2) is 9.97 Å². The van der Waals surface area contributed by atoms with Gasteiger partial charge >= 0.3 is 0 Å². The van der Waals surface area contributed by atoms with Gasteiger partial charge in [0.25, 0.3) is 0 Å². The van der Waals surface area contributed by atoms with Gasteiger partial charge in [0.2, 0.25) is 0 Å². The molecule has 0 fully saturated rings. The summed E-state index contributed by atoms with van der Waals surface area (Å²) in [4.78, 5) is 12.9. The van der Waals surface area contributed by atoms with E-state index in [0.29, 0.717) is 6.04 Å². The fraction of sp³-hybridized carbons (Fsp3) is 0.267. The molecule has 0 radical (unpaired) electrons. The normalized spacial score (nSPS) is 11.4. The SMILES string of the molecule is Cc1nccc(-c2cn(C(C)C)c3cnccc23)n1. The highest BCUT2D eigenvalue weighted by molar-refractivity contribution is 5.94. The van der Waals surface area contributed by atoms with Crippen molar-refractivity contribution >= 4 is 10.9 Å². The van der Waals surface area contributed by atoms with Crippen molar-refractivity contribution in [3.05, 3.63) is 42.7 Å². The average Bonchev–Trinajstić information content (AvgIpc) is 2.78. The number of nitrogens with zero attached hydrogens (tertiary/aromatic N) is 4. The first kappa shape index (κ1) is 11.8. The lowest BCUT2D eigenvalue weighted by molar-refractivity contribution is 0.622. The molecule has 96 valence electrons. The molecule has 0 spiro atoms. The Balaban J connectivity index is 2.30. The minimum Gasteiger partial charge on any atom is -0.343 e. The van der Waals surface area contributed by atoms with Crippen LogP contribution in [0.25, 0.3) is 22.2 Å². The van der Waals surface area contributed by atoms with Crippen molar-refractivity contribution in [3.63, 3.8) is 0 Å². The molecule has 0 aliphatic rings. The molecule has 3 aromatic rings. The first-order valence-corrected chi connectivity index (χ1v) is 6.41. The third-order valence-electron chi connectivity index (χ3n) is 3.24. The number of aryl methyl sites for hydroxylation is 1. The monoisotopic (exact) mass is 252 g/mol. The quantitative estimate of drug-likeness (QED) is 0.702. The van der Waals surface area contributed by atoms with Gasteiger partial charge in [-0.2, -0.15) is 0 Å². The van der Waals surface area contributed by atoms with Crippen molar-refractivity contribution in [1.82, 2.24) is 19.5 Å². The van der Waals surface area contributed by atoms with Gasteiger partial charge in [0, 0.05) is 35.6 Å². The predicted molar refractivity (Wildman–Crippen MR) is 75.9 cm³/mol. The van der Waals surface area contributed by atoms with Gasteiger partial charge in [0.1, 0.15) is 5.82 Å². The van der Waals surface area contributed by atoms with E-state index < -0.39 is 0 Å². The maximum atomic E-state index is 4.52. The fourth-order valence-corrected chi connectivity index (χ4v) is 2.34. The van der Waals surface area contributed by atoms with Crippen LogP contribution in [0.1, 0.15) is 25.7 Å². The summed E-state index contributed by atoms with van der Waals surface area (Å²) in [5.74, 6) is 0.789. The zero-order valence-corrected chi connectivity index (χ0v) is 11.3. The lowest BCUT2D eigenvalue weighted by atomic mass is 10.1. The van der Waals surface area contributed by atoms with E-state index in [0.717, 1.165) is 22.6 Å². The summed E-state index contributed by atoms with van der Waals surface area (Å²) in [6.07, 6.45) is 7.69. The molecular formula is C15H16N4. The Morgan fingerprint density at radius 3 is 2.74 bits per heavy atom. The average molecular weight is 252 g/mol. The van der Waals surface area contributed by atoms with Crippen molar-refractivity contribution in [2.75, 3.05) is 0 Å². The molecule has 0 N–H and O–H groups in total. The third-order valence-corrected chi connectivity index (χ3v) is 3.24. The van der Waals surface area contributed by atoms with Crippen LogP contribution in [0.3, 0.4) is 0 Å².